The first-order valence-electron chi connectivity index (χ1n) is 13.4. The summed E-state index contributed by atoms with van der Waals surface area (Å²) in [6, 6.07) is 6.41. The summed E-state index contributed by atoms with van der Waals surface area (Å²) in [5.41, 5.74) is 4.47. The Bertz CT molecular complexity index is 1510. The van der Waals surface area contributed by atoms with Crippen LogP contribution in [0.1, 0.15) is 76.9 Å². The van der Waals surface area contributed by atoms with E-state index in [2.05, 4.69) is 31.5 Å². The van der Waals surface area contributed by atoms with Gasteiger partial charge in [0.05, 0.1) is 28.6 Å². The lowest BCUT2D eigenvalue weighted by Gasteiger charge is -2.35. The summed E-state index contributed by atoms with van der Waals surface area (Å²) in [4.78, 5) is 59.2. The van der Waals surface area contributed by atoms with Crippen molar-refractivity contribution in [2.45, 2.75) is 56.5 Å². The van der Waals surface area contributed by atoms with Gasteiger partial charge in [-0.25, -0.2) is 9.97 Å². The molecule has 4 aliphatic rings. The fraction of sp³-hybridized carbons (Fsp3) is 0.393. The fourth-order valence-electron chi connectivity index (χ4n) is 5.82. The number of carbonyl (C=O) groups excluding carboxylic acids is 4. The van der Waals surface area contributed by atoms with Gasteiger partial charge in [-0.15, -0.1) is 0 Å². The van der Waals surface area contributed by atoms with E-state index in [1.165, 1.54) is 12.8 Å². The molecule has 1 unspecified atom stereocenters. The van der Waals surface area contributed by atoms with E-state index in [9.17, 15) is 19.2 Å². The maximum atomic E-state index is 13.1. The van der Waals surface area contributed by atoms with Crippen LogP contribution < -0.4 is 10.6 Å². The predicted octanol–water partition coefficient (Wildman–Crippen LogP) is 2.68. The molecule has 3 fully saturated rings. The smallest absolute Gasteiger partial charge is 0.262 e. The van der Waals surface area contributed by atoms with Crippen LogP contribution in [0.3, 0.4) is 0 Å². The monoisotopic (exact) mass is 525 g/mol. The molecule has 0 radical (unpaired) electrons. The largest absolute Gasteiger partial charge is 0.385 e. The molecule has 4 amide bonds. The first kappa shape index (κ1) is 23.7. The Kier molecular flexibility index (Phi) is 5.53. The minimum absolute atomic E-state index is 0.0986. The summed E-state index contributed by atoms with van der Waals surface area (Å²) >= 11 is 0. The minimum Gasteiger partial charge on any atom is -0.385 e. The number of hydrogen-bond acceptors (Lipinski definition) is 8. The first-order valence-corrected chi connectivity index (χ1v) is 13.4. The molecule has 1 atom stereocenters. The molecule has 198 valence electrons. The van der Waals surface area contributed by atoms with Gasteiger partial charge >= 0.3 is 0 Å². The van der Waals surface area contributed by atoms with E-state index in [4.69, 9.17) is 5.10 Å². The Morgan fingerprint density at radius 1 is 0.974 bits per heavy atom. The molecule has 2 aromatic heterocycles. The number of hydrogen-bond donors (Lipinski definition) is 2. The molecule has 11 heteroatoms. The molecule has 1 saturated heterocycles. The van der Waals surface area contributed by atoms with E-state index < -0.39 is 23.8 Å². The molecule has 3 aromatic rings. The van der Waals surface area contributed by atoms with Crippen molar-refractivity contribution < 1.29 is 19.2 Å². The van der Waals surface area contributed by atoms with Crippen LogP contribution in [0.5, 0.6) is 0 Å². The van der Waals surface area contributed by atoms with E-state index in [0.29, 0.717) is 17.9 Å². The molecular weight excluding hydrogens is 498 g/mol. The molecule has 1 aromatic carbocycles. The Hall–Kier alpha value is -4.41. The molecular formula is C28H27N7O4. The summed E-state index contributed by atoms with van der Waals surface area (Å²) < 4.78 is 2.10. The number of anilines is 1. The number of nitrogens with zero attached hydrogens (tertiary/aromatic N) is 5. The average molecular weight is 526 g/mol. The van der Waals surface area contributed by atoms with E-state index >= 15 is 0 Å². The van der Waals surface area contributed by atoms with Crippen molar-refractivity contribution in [3.05, 3.63) is 59.8 Å². The zero-order chi connectivity index (χ0) is 26.7. The number of imide groups is 2. The van der Waals surface area contributed by atoms with Gasteiger partial charge < -0.3 is 5.32 Å². The summed E-state index contributed by atoms with van der Waals surface area (Å²) in [5.74, 6) is -1.01. The number of amides is 4. The van der Waals surface area contributed by atoms with Gasteiger partial charge in [0.15, 0.2) is 0 Å². The third-order valence-electron chi connectivity index (χ3n) is 8.20. The molecule has 2 aliphatic heterocycles. The van der Waals surface area contributed by atoms with Crippen molar-refractivity contribution in [1.29, 1.82) is 0 Å². The highest BCUT2D eigenvalue weighted by Gasteiger charge is 2.44. The van der Waals surface area contributed by atoms with Gasteiger partial charge in [-0.3, -0.25) is 34.1 Å². The fourth-order valence-corrected chi connectivity index (χ4v) is 5.82. The highest BCUT2D eigenvalue weighted by Crippen LogP contribution is 2.45. The van der Waals surface area contributed by atoms with Crippen LogP contribution in [0.2, 0.25) is 0 Å². The topological polar surface area (TPSA) is 139 Å². The van der Waals surface area contributed by atoms with Crippen molar-refractivity contribution in [2.24, 2.45) is 5.92 Å². The van der Waals surface area contributed by atoms with Crippen LogP contribution in [-0.2, 0) is 9.59 Å². The lowest BCUT2D eigenvalue weighted by Crippen LogP contribution is -2.54. The normalized spacial score (nSPS) is 24.4. The quantitative estimate of drug-likeness (QED) is 0.449. The SMILES string of the molecule is O=C1CCC(N2C(=O)c3ccc(NC[C@H]4C[C@H](n5cc(-c6ccncn6)c(C6CC6)n5)C4)cc3C2=O)C(=O)N1. The van der Waals surface area contributed by atoms with Gasteiger partial charge in [-0.2, -0.15) is 5.10 Å². The molecule has 0 spiro atoms. The number of carbonyl (C=O) groups is 4. The van der Waals surface area contributed by atoms with E-state index in [-0.39, 0.29) is 29.9 Å². The molecule has 7 rings (SSSR count). The summed E-state index contributed by atoms with van der Waals surface area (Å²) in [7, 11) is 0. The van der Waals surface area contributed by atoms with Gasteiger partial charge in [-0.1, -0.05) is 0 Å². The van der Waals surface area contributed by atoms with Gasteiger partial charge in [0.2, 0.25) is 11.8 Å². The Balaban J connectivity index is 0.987. The van der Waals surface area contributed by atoms with Crippen LogP contribution >= 0.6 is 0 Å². The van der Waals surface area contributed by atoms with Gasteiger partial charge in [-0.05, 0) is 62.3 Å². The molecule has 11 nitrogen and oxygen atoms in total. The van der Waals surface area contributed by atoms with Crippen LogP contribution in [-0.4, -0.2) is 60.9 Å². The minimum atomic E-state index is -0.962. The number of rotatable bonds is 7. The number of benzene rings is 1. The number of nitrogens with one attached hydrogen (secondary N) is 2. The maximum absolute atomic E-state index is 13.1. The van der Waals surface area contributed by atoms with Crippen LogP contribution in [0.4, 0.5) is 5.69 Å². The van der Waals surface area contributed by atoms with Crippen molar-refractivity contribution in [2.75, 3.05) is 11.9 Å². The van der Waals surface area contributed by atoms with Crippen molar-refractivity contribution in [1.82, 2.24) is 30.0 Å². The van der Waals surface area contributed by atoms with Crippen LogP contribution in [0, 0.1) is 5.92 Å². The summed E-state index contributed by atoms with van der Waals surface area (Å²) in [6.07, 6.45) is 10.0. The highest BCUT2D eigenvalue weighted by atomic mass is 16.2. The van der Waals surface area contributed by atoms with E-state index in [0.717, 1.165) is 46.9 Å². The Morgan fingerprint density at radius 2 is 1.79 bits per heavy atom. The van der Waals surface area contributed by atoms with Gasteiger partial charge in [0.25, 0.3) is 11.8 Å². The van der Waals surface area contributed by atoms with E-state index in [1.54, 1.807) is 30.7 Å². The maximum Gasteiger partial charge on any atom is 0.262 e. The first-order chi connectivity index (χ1) is 19.0. The third-order valence-corrected chi connectivity index (χ3v) is 8.20. The standard InChI is InChI=1S/C28H27N7O4/c36-24-6-5-23(26(37)32-24)35-27(38)19-4-3-17(11-20(19)28(35)39)30-12-15-9-18(10-15)34-13-21(22-7-8-29-14-31-22)25(33-34)16-1-2-16/h3-4,7-8,11,13-16,18,23,30H,1-2,5-6,9-10,12H2,(H,32,36,37)/t15-,18-,23?. The molecule has 2 aliphatic carbocycles. The summed E-state index contributed by atoms with van der Waals surface area (Å²) in [6.45, 7) is 0.740. The van der Waals surface area contributed by atoms with Crippen LogP contribution in [0.25, 0.3) is 11.3 Å². The van der Waals surface area contributed by atoms with E-state index in [1.807, 2.05) is 6.07 Å². The number of aromatic nitrogens is 4. The number of fused-ring (bicyclic) bond motifs is 1. The predicted molar refractivity (Wildman–Crippen MR) is 139 cm³/mol. The second-order valence-corrected chi connectivity index (χ2v) is 10.9. The Morgan fingerprint density at radius 3 is 2.54 bits per heavy atom. The lowest BCUT2D eigenvalue weighted by atomic mass is 9.80. The summed E-state index contributed by atoms with van der Waals surface area (Å²) in [5, 5.41) is 10.6. The van der Waals surface area contributed by atoms with Crippen molar-refractivity contribution >= 4 is 29.3 Å². The molecule has 2 saturated carbocycles. The van der Waals surface area contributed by atoms with Crippen molar-refractivity contribution in [3.63, 3.8) is 0 Å². The molecule has 4 heterocycles. The second-order valence-electron chi connectivity index (χ2n) is 10.9. The zero-order valence-corrected chi connectivity index (χ0v) is 21.2. The average Bonchev–Trinajstić information content (AvgIpc) is 3.62. The number of piperidine rings is 1. The van der Waals surface area contributed by atoms with Crippen molar-refractivity contribution in [3.8, 4) is 11.3 Å². The van der Waals surface area contributed by atoms with Gasteiger partial charge in [0, 0.05) is 42.5 Å². The Labute approximate surface area is 224 Å². The molecule has 2 N–H and O–H groups in total. The molecule has 39 heavy (non-hydrogen) atoms. The lowest BCUT2D eigenvalue weighted by molar-refractivity contribution is -0.136. The second kappa shape index (κ2) is 9.11. The van der Waals surface area contributed by atoms with Crippen LogP contribution in [0.15, 0.2) is 43.0 Å². The molecule has 0 bridgehead atoms. The zero-order valence-electron chi connectivity index (χ0n) is 21.2. The third kappa shape index (κ3) is 4.18. The van der Waals surface area contributed by atoms with Gasteiger partial charge in [0.1, 0.15) is 12.4 Å². The highest BCUT2D eigenvalue weighted by molar-refractivity contribution is 6.23.